The molecule has 19 heavy (non-hydrogen) atoms. The highest BCUT2D eigenvalue weighted by Crippen LogP contribution is 2.25. The van der Waals surface area contributed by atoms with Crippen molar-refractivity contribution in [1.29, 1.82) is 0 Å². The fraction of sp³-hybridized carbons (Fsp3) is 0.588. The van der Waals surface area contributed by atoms with E-state index < -0.39 is 5.60 Å². The lowest BCUT2D eigenvalue weighted by Crippen LogP contribution is -2.26. The molecule has 1 aromatic rings. The number of benzene rings is 1. The van der Waals surface area contributed by atoms with Crippen LogP contribution in [0.15, 0.2) is 24.3 Å². The first-order valence-electron chi connectivity index (χ1n) is 6.84. The molecule has 0 fully saturated rings. The lowest BCUT2D eigenvalue weighted by Gasteiger charge is -2.23. The summed E-state index contributed by atoms with van der Waals surface area (Å²) >= 11 is 0. The van der Waals surface area contributed by atoms with E-state index in [1.54, 1.807) is 0 Å². The van der Waals surface area contributed by atoms with Crippen LogP contribution in [0.3, 0.4) is 0 Å². The number of rotatable bonds is 2. The van der Waals surface area contributed by atoms with Crippen molar-refractivity contribution in [3.05, 3.63) is 35.4 Å². The van der Waals surface area contributed by atoms with Crippen molar-refractivity contribution in [3.63, 3.8) is 0 Å². The molecule has 0 radical (unpaired) electrons. The van der Waals surface area contributed by atoms with Gasteiger partial charge >= 0.3 is 5.97 Å². The predicted octanol–water partition coefficient (Wildman–Crippen LogP) is 4.43. The topological polar surface area (TPSA) is 26.3 Å². The second kappa shape index (κ2) is 5.36. The maximum Gasteiger partial charge on any atom is 0.313 e. The van der Waals surface area contributed by atoms with E-state index >= 15 is 0 Å². The van der Waals surface area contributed by atoms with E-state index in [9.17, 15) is 4.79 Å². The molecule has 106 valence electrons. The third-order valence-electron chi connectivity index (χ3n) is 3.04. The molecule has 0 aliphatic rings. The van der Waals surface area contributed by atoms with Crippen LogP contribution < -0.4 is 0 Å². The van der Waals surface area contributed by atoms with Gasteiger partial charge in [0, 0.05) is 0 Å². The molecule has 1 unspecified atom stereocenters. The third-order valence-corrected chi connectivity index (χ3v) is 3.04. The summed E-state index contributed by atoms with van der Waals surface area (Å²) < 4.78 is 5.41. The molecule has 0 amide bonds. The summed E-state index contributed by atoms with van der Waals surface area (Å²) in [5.41, 5.74) is 1.97. The van der Waals surface area contributed by atoms with Gasteiger partial charge in [0.2, 0.25) is 0 Å². The van der Waals surface area contributed by atoms with Crippen molar-refractivity contribution < 1.29 is 9.53 Å². The first-order chi connectivity index (χ1) is 8.50. The summed E-state index contributed by atoms with van der Waals surface area (Å²) in [6, 6.07) is 8.23. The van der Waals surface area contributed by atoms with Gasteiger partial charge in [-0.15, -0.1) is 0 Å². The first-order valence-corrected chi connectivity index (χ1v) is 6.84. The van der Waals surface area contributed by atoms with E-state index in [0.717, 1.165) is 5.56 Å². The van der Waals surface area contributed by atoms with Gasteiger partial charge in [-0.25, -0.2) is 0 Å². The Bertz CT molecular complexity index is 430. The Morgan fingerprint density at radius 2 is 1.47 bits per heavy atom. The van der Waals surface area contributed by atoms with E-state index in [0.29, 0.717) is 0 Å². The third kappa shape index (κ3) is 4.70. The molecule has 0 heterocycles. The van der Waals surface area contributed by atoms with Gasteiger partial charge < -0.3 is 4.74 Å². The smallest absolute Gasteiger partial charge is 0.313 e. The van der Waals surface area contributed by atoms with Crippen LogP contribution in [-0.2, 0) is 14.9 Å². The molecule has 0 saturated heterocycles. The highest BCUT2D eigenvalue weighted by atomic mass is 16.6. The predicted molar refractivity (Wildman–Crippen MR) is 79.4 cm³/mol. The monoisotopic (exact) mass is 262 g/mol. The second-order valence-corrected chi connectivity index (χ2v) is 7.13. The SMILES string of the molecule is CC(C(=O)OC(C)(C)C)c1ccc(C(C)(C)C)cc1. The van der Waals surface area contributed by atoms with Gasteiger partial charge in [0.15, 0.2) is 0 Å². The minimum atomic E-state index is -0.434. The van der Waals surface area contributed by atoms with Crippen molar-refractivity contribution in [2.75, 3.05) is 0 Å². The molecule has 0 saturated carbocycles. The van der Waals surface area contributed by atoms with E-state index in [4.69, 9.17) is 4.74 Å². The van der Waals surface area contributed by atoms with Gasteiger partial charge in [-0.1, -0.05) is 45.0 Å². The Kier molecular flexibility index (Phi) is 4.44. The van der Waals surface area contributed by atoms with Gasteiger partial charge in [-0.3, -0.25) is 4.79 Å². The summed E-state index contributed by atoms with van der Waals surface area (Å²) in [7, 11) is 0. The van der Waals surface area contributed by atoms with Crippen LogP contribution in [0.25, 0.3) is 0 Å². The average molecular weight is 262 g/mol. The van der Waals surface area contributed by atoms with E-state index in [-0.39, 0.29) is 17.3 Å². The molecular formula is C17H26O2. The summed E-state index contributed by atoms with van der Waals surface area (Å²) in [6.45, 7) is 14.1. The highest BCUT2D eigenvalue weighted by molar-refractivity contribution is 5.78. The summed E-state index contributed by atoms with van der Waals surface area (Å²) in [5, 5.41) is 0. The van der Waals surface area contributed by atoms with Gasteiger partial charge in [0.05, 0.1) is 5.92 Å². The van der Waals surface area contributed by atoms with E-state index in [1.807, 2.05) is 39.8 Å². The number of ether oxygens (including phenoxy) is 1. The van der Waals surface area contributed by atoms with Gasteiger partial charge in [-0.05, 0) is 44.2 Å². The van der Waals surface area contributed by atoms with Gasteiger partial charge in [0.1, 0.15) is 5.60 Å². The Morgan fingerprint density at radius 3 is 1.84 bits per heavy atom. The molecule has 1 atom stereocenters. The molecular weight excluding hydrogens is 236 g/mol. The zero-order valence-electron chi connectivity index (χ0n) is 13.2. The van der Waals surface area contributed by atoms with Crippen LogP contribution >= 0.6 is 0 Å². The number of carbonyl (C=O) groups excluding carboxylic acids is 1. The molecule has 1 aromatic carbocycles. The normalized spacial score (nSPS) is 14.1. The average Bonchev–Trinajstić information content (AvgIpc) is 2.24. The molecule has 0 N–H and O–H groups in total. The van der Waals surface area contributed by atoms with Gasteiger partial charge in [0.25, 0.3) is 0 Å². The highest BCUT2D eigenvalue weighted by Gasteiger charge is 2.23. The summed E-state index contributed by atoms with van der Waals surface area (Å²) in [6.07, 6.45) is 0. The lowest BCUT2D eigenvalue weighted by atomic mass is 9.86. The minimum absolute atomic E-state index is 0.133. The standard InChI is InChI=1S/C17H26O2/c1-12(15(18)19-17(5,6)7)13-8-10-14(11-9-13)16(2,3)4/h8-12H,1-7H3. The molecule has 0 spiro atoms. The maximum atomic E-state index is 12.0. The number of hydrogen-bond acceptors (Lipinski definition) is 2. The molecule has 0 aliphatic heterocycles. The molecule has 0 aliphatic carbocycles. The largest absolute Gasteiger partial charge is 0.460 e. The lowest BCUT2D eigenvalue weighted by molar-refractivity contribution is -0.156. The first kappa shape index (κ1) is 15.7. The Balaban J connectivity index is 2.84. The summed E-state index contributed by atoms with van der Waals surface area (Å²) in [5.74, 6) is -0.399. The zero-order valence-corrected chi connectivity index (χ0v) is 13.2. The van der Waals surface area contributed by atoms with Crippen molar-refractivity contribution in [2.24, 2.45) is 0 Å². The molecule has 2 heteroatoms. The number of esters is 1. The Hall–Kier alpha value is -1.31. The molecule has 0 bridgehead atoms. The zero-order chi connectivity index (χ0) is 14.8. The number of carbonyl (C=O) groups is 1. The van der Waals surface area contributed by atoms with E-state index in [1.165, 1.54) is 5.56 Å². The molecule has 2 nitrogen and oxygen atoms in total. The van der Waals surface area contributed by atoms with Crippen molar-refractivity contribution in [1.82, 2.24) is 0 Å². The van der Waals surface area contributed by atoms with Crippen molar-refractivity contribution in [2.45, 2.75) is 65.4 Å². The van der Waals surface area contributed by atoms with Crippen molar-refractivity contribution in [3.8, 4) is 0 Å². The Labute approximate surface area is 117 Å². The number of hydrogen-bond donors (Lipinski definition) is 0. The minimum Gasteiger partial charge on any atom is -0.460 e. The van der Waals surface area contributed by atoms with Crippen LogP contribution in [0.4, 0.5) is 0 Å². The van der Waals surface area contributed by atoms with E-state index in [2.05, 4.69) is 32.9 Å². The Morgan fingerprint density at radius 1 is 1.00 bits per heavy atom. The van der Waals surface area contributed by atoms with Crippen LogP contribution in [0.1, 0.15) is 65.5 Å². The quantitative estimate of drug-likeness (QED) is 0.737. The van der Waals surface area contributed by atoms with Crippen LogP contribution in [-0.4, -0.2) is 11.6 Å². The fourth-order valence-corrected chi connectivity index (χ4v) is 1.80. The van der Waals surface area contributed by atoms with Crippen LogP contribution in [0.5, 0.6) is 0 Å². The van der Waals surface area contributed by atoms with Gasteiger partial charge in [-0.2, -0.15) is 0 Å². The molecule has 0 aromatic heterocycles. The second-order valence-electron chi connectivity index (χ2n) is 7.13. The van der Waals surface area contributed by atoms with Crippen LogP contribution in [0.2, 0.25) is 0 Å². The maximum absolute atomic E-state index is 12.0. The molecule has 1 rings (SSSR count). The summed E-state index contributed by atoms with van der Waals surface area (Å²) in [4.78, 5) is 12.0. The van der Waals surface area contributed by atoms with Crippen LogP contribution in [0, 0.1) is 0 Å². The van der Waals surface area contributed by atoms with Crippen molar-refractivity contribution >= 4 is 5.97 Å². The fourth-order valence-electron chi connectivity index (χ4n) is 1.80.